The second-order valence-electron chi connectivity index (χ2n) is 6.30. The van der Waals surface area contributed by atoms with E-state index in [4.69, 9.17) is 5.73 Å². The van der Waals surface area contributed by atoms with Gasteiger partial charge < -0.3 is 20.5 Å². The van der Waals surface area contributed by atoms with Crippen molar-refractivity contribution < 1.29 is 4.79 Å². The molecule has 0 aliphatic heterocycles. The Morgan fingerprint density at radius 1 is 1.30 bits per heavy atom. The van der Waals surface area contributed by atoms with Crippen molar-refractivity contribution >= 4 is 28.6 Å². The molecule has 0 saturated carbocycles. The minimum absolute atomic E-state index is 0.160. The number of H-pyrrole nitrogens is 1. The Bertz CT molecular complexity index is 1070. The van der Waals surface area contributed by atoms with Crippen LogP contribution < -0.4 is 16.3 Å². The Hall–Kier alpha value is -3.46. The van der Waals surface area contributed by atoms with Gasteiger partial charge in [0.2, 0.25) is 5.91 Å². The zero-order valence-corrected chi connectivity index (χ0v) is 15.4. The number of nitrogens with two attached hydrogens (primary N) is 1. The molecule has 9 nitrogen and oxygen atoms in total. The number of fused-ring (bicyclic) bond motifs is 1. The van der Waals surface area contributed by atoms with Gasteiger partial charge in [-0.15, -0.1) is 0 Å². The van der Waals surface area contributed by atoms with Crippen LogP contribution in [0.2, 0.25) is 0 Å². The zero-order valence-electron chi connectivity index (χ0n) is 15.4. The van der Waals surface area contributed by atoms with Gasteiger partial charge in [0.25, 0.3) is 0 Å². The summed E-state index contributed by atoms with van der Waals surface area (Å²) in [7, 11) is 5.54. The third-order valence-electron chi connectivity index (χ3n) is 4.04. The normalized spacial score (nSPS) is 11.6. The molecule has 0 aliphatic carbocycles. The molecule has 0 bridgehead atoms. The van der Waals surface area contributed by atoms with E-state index >= 15 is 0 Å². The average Bonchev–Trinajstić information content (AvgIpc) is 2.98. The van der Waals surface area contributed by atoms with Crippen molar-refractivity contribution in [1.82, 2.24) is 24.4 Å². The molecule has 3 rings (SSSR count). The van der Waals surface area contributed by atoms with E-state index in [0.717, 1.165) is 0 Å². The van der Waals surface area contributed by atoms with E-state index in [9.17, 15) is 9.59 Å². The van der Waals surface area contributed by atoms with E-state index in [2.05, 4.69) is 15.0 Å². The lowest BCUT2D eigenvalue weighted by Crippen LogP contribution is -2.25. The van der Waals surface area contributed by atoms with Crippen molar-refractivity contribution in [3.8, 4) is 5.69 Å². The van der Waals surface area contributed by atoms with Crippen molar-refractivity contribution in [2.24, 2.45) is 0 Å². The summed E-state index contributed by atoms with van der Waals surface area (Å²) in [5.41, 5.74) is 7.40. The van der Waals surface area contributed by atoms with E-state index in [1.54, 1.807) is 37.4 Å². The minimum Gasteiger partial charge on any atom is -0.382 e. The number of benzene rings is 1. The summed E-state index contributed by atoms with van der Waals surface area (Å²) in [6.07, 6.45) is 4.63. The summed E-state index contributed by atoms with van der Waals surface area (Å²) in [6, 6.07) is 7.07. The minimum atomic E-state index is -0.380. The fourth-order valence-electron chi connectivity index (χ4n) is 2.62. The number of nitrogens with one attached hydrogen (secondary N) is 1. The first-order valence-electron chi connectivity index (χ1n) is 8.29. The first kappa shape index (κ1) is 18.3. The first-order valence-corrected chi connectivity index (χ1v) is 8.29. The van der Waals surface area contributed by atoms with Gasteiger partial charge in [-0.25, -0.2) is 19.3 Å². The third kappa shape index (κ3) is 3.72. The largest absolute Gasteiger partial charge is 0.382 e. The summed E-state index contributed by atoms with van der Waals surface area (Å²) < 4.78 is 1.40. The quantitative estimate of drug-likeness (QED) is 0.644. The summed E-state index contributed by atoms with van der Waals surface area (Å²) >= 11 is 0. The number of likely N-dealkylation sites (N-methyl/N-ethyl adjacent to an activating group) is 2. The number of nitrogens with zero attached hydrogens (tertiary/aromatic N) is 5. The predicted octanol–water partition coefficient (Wildman–Crippen LogP) is 0.772. The van der Waals surface area contributed by atoms with Crippen molar-refractivity contribution in [1.29, 1.82) is 0 Å². The van der Waals surface area contributed by atoms with Crippen LogP contribution in [0.1, 0.15) is 0 Å². The molecular weight excluding hydrogens is 346 g/mol. The Morgan fingerprint density at radius 3 is 2.81 bits per heavy atom. The molecule has 0 aliphatic rings. The van der Waals surface area contributed by atoms with Gasteiger partial charge in [0, 0.05) is 25.4 Å². The maximum absolute atomic E-state index is 12.4. The molecule has 1 amide bonds. The Balaban J connectivity index is 1.96. The first-order chi connectivity index (χ1) is 12.9. The van der Waals surface area contributed by atoms with Gasteiger partial charge in [0.15, 0.2) is 11.5 Å². The highest BCUT2D eigenvalue weighted by Crippen LogP contribution is 2.21. The van der Waals surface area contributed by atoms with Crippen LogP contribution in [-0.4, -0.2) is 58.0 Å². The van der Waals surface area contributed by atoms with Crippen LogP contribution in [0.4, 0.5) is 11.5 Å². The maximum atomic E-state index is 12.4. The number of hydrogen-bond donors (Lipinski definition) is 2. The molecule has 2 aromatic heterocycles. The van der Waals surface area contributed by atoms with Crippen LogP contribution in [0.25, 0.3) is 16.9 Å². The van der Waals surface area contributed by atoms with E-state index in [1.807, 2.05) is 19.0 Å². The lowest BCUT2D eigenvalue weighted by Gasteiger charge is -2.16. The molecule has 1 aromatic carbocycles. The number of carbonyl (C=O) groups excluding carboxylic acids is 1. The Kier molecular flexibility index (Phi) is 5.04. The second-order valence-corrected chi connectivity index (χ2v) is 6.30. The zero-order chi connectivity index (χ0) is 19.6. The standard InChI is InChI=1S/C18H21N7O2/c1-23(2)9-5-8-14(26)24(3)12-6-4-7-13(10-12)25-17-15(22-18(25)27)16(19)20-11-21-17/h4-8,10-11H,9H2,1-3H3,(H,22,27)(H2,19,20,21). The SMILES string of the molecule is CN(C)CC=CC(=O)N(C)c1cccc(-n2c(=O)[nH]c3c(N)ncnc32)c1. The molecule has 9 heteroatoms. The van der Waals surface area contributed by atoms with Crippen molar-refractivity contribution in [3.63, 3.8) is 0 Å². The van der Waals surface area contributed by atoms with Crippen molar-refractivity contribution in [2.45, 2.75) is 0 Å². The summed E-state index contributed by atoms with van der Waals surface area (Å²) in [6.45, 7) is 0.672. The number of rotatable bonds is 5. The number of carbonyl (C=O) groups is 1. The maximum Gasteiger partial charge on any atom is 0.332 e. The summed E-state index contributed by atoms with van der Waals surface area (Å²) in [4.78, 5) is 38.9. The van der Waals surface area contributed by atoms with Gasteiger partial charge in [-0.1, -0.05) is 12.1 Å². The van der Waals surface area contributed by atoms with Gasteiger partial charge in [0.05, 0.1) is 5.69 Å². The third-order valence-corrected chi connectivity index (χ3v) is 4.04. The molecule has 3 aromatic rings. The predicted molar refractivity (Wildman–Crippen MR) is 105 cm³/mol. The topological polar surface area (TPSA) is 113 Å². The smallest absolute Gasteiger partial charge is 0.332 e. The molecule has 3 N–H and O–H groups in total. The monoisotopic (exact) mass is 367 g/mol. The molecule has 140 valence electrons. The van der Waals surface area contributed by atoms with Gasteiger partial charge in [-0.3, -0.25) is 4.79 Å². The Labute approximate surface area is 155 Å². The van der Waals surface area contributed by atoms with E-state index < -0.39 is 0 Å². The van der Waals surface area contributed by atoms with Crippen LogP contribution in [0.3, 0.4) is 0 Å². The highest BCUT2D eigenvalue weighted by atomic mass is 16.2. The molecule has 0 radical (unpaired) electrons. The number of nitrogen functional groups attached to an aromatic ring is 1. The van der Waals surface area contributed by atoms with Gasteiger partial charge in [-0.05, 0) is 32.3 Å². The average molecular weight is 367 g/mol. The van der Waals surface area contributed by atoms with Gasteiger partial charge >= 0.3 is 5.69 Å². The molecule has 2 heterocycles. The molecule has 0 unspecified atom stereocenters. The molecule has 27 heavy (non-hydrogen) atoms. The van der Waals surface area contributed by atoms with Crippen molar-refractivity contribution in [3.05, 3.63) is 53.2 Å². The van der Waals surface area contributed by atoms with Gasteiger partial charge in [-0.2, -0.15) is 0 Å². The number of aromatic amines is 1. The fraction of sp³-hybridized carbons (Fsp3) is 0.222. The van der Waals surface area contributed by atoms with E-state index in [0.29, 0.717) is 29.1 Å². The lowest BCUT2D eigenvalue weighted by atomic mass is 10.2. The summed E-state index contributed by atoms with van der Waals surface area (Å²) in [5.74, 6) is 0.0390. The highest BCUT2D eigenvalue weighted by Gasteiger charge is 2.14. The van der Waals surface area contributed by atoms with Crippen LogP contribution in [0.5, 0.6) is 0 Å². The van der Waals surface area contributed by atoms with Crippen LogP contribution in [0.15, 0.2) is 47.5 Å². The van der Waals surface area contributed by atoms with E-state index in [1.165, 1.54) is 21.9 Å². The number of aromatic nitrogens is 4. The summed E-state index contributed by atoms with van der Waals surface area (Å²) in [5, 5.41) is 0. The number of imidazole rings is 1. The van der Waals surface area contributed by atoms with Crippen LogP contribution in [-0.2, 0) is 4.79 Å². The Morgan fingerprint density at radius 2 is 2.07 bits per heavy atom. The molecule has 0 saturated heterocycles. The molecule has 0 fully saturated rings. The number of hydrogen-bond acceptors (Lipinski definition) is 6. The van der Waals surface area contributed by atoms with Crippen molar-refractivity contribution in [2.75, 3.05) is 38.3 Å². The van der Waals surface area contributed by atoms with E-state index in [-0.39, 0.29) is 17.4 Å². The number of anilines is 2. The number of amides is 1. The molecule has 0 atom stereocenters. The highest BCUT2D eigenvalue weighted by molar-refractivity contribution is 6.01. The van der Waals surface area contributed by atoms with Crippen LogP contribution in [0, 0.1) is 0 Å². The second kappa shape index (κ2) is 7.42. The lowest BCUT2D eigenvalue weighted by molar-refractivity contribution is -0.113. The molecule has 0 spiro atoms. The molecular formula is C18H21N7O2. The van der Waals surface area contributed by atoms with Crippen LogP contribution >= 0.6 is 0 Å². The van der Waals surface area contributed by atoms with Gasteiger partial charge in [0.1, 0.15) is 11.8 Å². The fourth-order valence-corrected chi connectivity index (χ4v) is 2.62.